The van der Waals surface area contributed by atoms with E-state index in [0.717, 1.165) is 59.7 Å². The van der Waals surface area contributed by atoms with Gasteiger partial charge in [0.2, 0.25) is 0 Å². The van der Waals surface area contributed by atoms with E-state index in [1.54, 1.807) is 6.20 Å². The second kappa shape index (κ2) is 6.55. The van der Waals surface area contributed by atoms with Gasteiger partial charge in [0.1, 0.15) is 5.75 Å². The molecule has 27 heavy (non-hydrogen) atoms. The fourth-order valence-electron chi connectivity index (χ4n) is 3.94. The molecule has 5 rings (SSSR count). The van der Waals surface area contributed by atoms with E-state index in [4.69, 9.17) is 16.3 Å². The van der Waals surface area contributed by atoms with Crippen LogP contribution in [0.5, 0.6) is 5.75 Å². The number of hydrogen-bond donors (Lipinski definition) is 2. The van der Waals surface area contributed by atoms with Crippen LogP contribution >= 0.6 is 11.6 Å². The van der Waals surface area contributed by atoms with E-state index < -0.39 is 6.10 Å². The number of rotatable bonds is 2. The first kappa shape index (κ1) is 16.6. The SMILES string of the molecule is O=C(C1Cc2cc(Cl)cc(-c3ccnc4cc[nH]c34)c2O1)N1CCNCC1. The Hall–Kier alpha value is -2.57. The molecule has 2 N–H and O–H groups in total. The van der Waals surface area contributed by atoms with Crippen LogP contribution in [0.3, 0.4) is 0 Å². The van der Waals surface area contributed by atoms with Gasteiger partial charge in [0.15, 0.2) is 6.10 Å². The third-order valence-corrected chi connectivity index (χ3v) is 5.46. The largest absolute Gasteiger partial charge is 0.479 e. The number of nitrogens with one attached hydrogen (secondary N) is 2. The number of aromatic amines is 1. The Bertz CT molecular complexity index is 1030. The van der Waals surface area contributed by atoms with Crippen LogP contribution in [0.1, 0.15) is 5.56 Å². The van der Waals surface area contributed by atoms with Crippen molar-refractivity contribution in [3.8, 4) is 16.9 Å². The molecule has 3 aromatic rings. The number of carbonyl (C=O) groups excluding carboxylic acids is 1. The minimum absolute atomic E-state index is 0.0505. The van der Waals surface area contributed by atoms with Gasteiger partial charge < -0.3 is 19.9 Å². The maximum Gasteiger partial charge on any atom is 0.264 e. The fourth-order valence-corrected chi connectivity index (χ4v) is 4.18. The summed E-state index contributed by atoms with van der Waals surface area (Å²) in [6.07, 6.45) is 3.70. The molecule has 6 nitrogen and oxygen atoms in total. The number of carbonyl (C=O) groups is 1. The molecule has 2 aliphatic rings. The number of benzene rings is 1. The quantitative estimate of drug-likeness (QED) is 0.714. The Balaban J connectivity index is 1.53. The zero-order chi connectivity index (χ0) is 18.4. The second-order valence-electron chi connectivity index (χ2n) is 6.92. The van der Waals surface area contributed by atoms with Crippen molar-refractivity contribution in [2.45, 2.75) is 12.5 Å². The summed E-state index contributed by atoms with van der Waals surface area (Å²) < 4.78 is 6.18. The second-order valence-corrected chi connectivity index (χ2v) is 7.36. The van der Waals surface area contributed by atoms with Gasteiger partial charge >= 0.3 is 0 Å². The molecule has 138 valence electrons. The number of nitrogens with zero attached hydrogens (tertiary/aromatic N) is 2. The third kappa shape index (κ3) is 2.85. The van der Waals surface area contributed by atoms with E-state index in [-0.39, 0.29) is 5.91 Å². The van der Waals surface area contributed by atoms with Gasteiger partial charge in [-0.25, -0.2) is 0 Å². The average Bonchev–Trinajstić information content (AvgIpc) is 3.34. The Labute approximate surface area is 161 Å². The summed E-state index contributed by atoms with van der Waals surface area (Å²) in [5.74, 6) is 0.796. The Morgan fingerprint density at radius 2 is 2.07 bits per heavy atom. The van der Waals surface area contributed by atoms with Crippen molar-refractivity contribution in [2.24, 2.45) is 0 Å². The topological polar surface area (TPSA) is 70.2 Å². The first-order valence-electron chi connectivity index (χ1n) is 9.12. The number of hydrogen-bond acceptors (Lipinski definition) is 4. The predicted molar refractivity (Wildman–Crippen MR) is 104 cm³/mol. The highest BCUT2D eigenvalue weighted by Gasteiger charge is 2.35. The van der Waals surface area contributed by atoms with Crippen LogP contribution in [0, 0.1) is 0 Å². The number of ether oxygens (including phenoxy) is 1. The highest BCUT2D eigenvalue weighted by atomic mass is 35.5. The maximum absolute atomic E-state index is 12.9. The molecule has 1 saturated heterocycles. The predicted octanol–water partition coefficient (Wildman–Crippen LogP) is 2.62. The van der Waals surface area contributed by atoms with Crippen molar-refractivity contribution in [2.75, 3.05) is 26.2 Å². The Kier molecular flexibility index (Phi) is 4.02. The molecule has 4 heterocycles. The van der Waals surface area contributed by atoms with E-state index >= 15 is 0 Å². The average molecular weight is 383 g/mol. The van der Waals surface area contributed by atoms with Crippen molar-refractivity contribution in [3.05, 3.63) is 47.2 Å². The highest BCUT2D eigenvalue weighted by Crippen LogP contribution is 2.43. The molecule has 0 bridgehead atoms. The van der Waals surface area contributed by atoms with Crippen LogP contribution in [-0.2, 0) is 11.2 Å². The minimum atomic E-state index is -0.490. The number of fused-ring (bicyclic) bond motifs is 2. The lowest BCUT2D eigenvalue weighted by Crippen LogP contribution is -2.50. The van der Waals surface area contributed by atoms with E-state index in [1.165, 1.54) is 0 Å². The molecule has 2 aliphatic heterocycles. The molecular weight excluding hydrogens is 364 g/mol. The molecule has 1 unspecified atom stereocenters. The van der Waals surface area contributed by atoms with Crippen molar-refractivity contribution in [1.29, 1.82) is 0 Å². The summed E-state index contributed by atoms with van der Waals surface area (Å²) in [7, 11) is 0. The first-order chi connectivity index (χ1) is 13.2. The number of pyridine rings is 1. The van der Waals surface area contributed by atoms with Crippen molar-refractivity contribution in [3.63, 3.8) is 0 Å². The summed E-state index contributed by atoms with van der Waals surface area (Å²) in [6, 6.07) is 7.67. The van der Waals surface area contributed by atoms with Gasteiger partial charge in [0.25, 0.3) is 5.91 Å². The Morgan fingerprint density at radius 1 is 1.22 bits per heavy atom. The number of halogens is 1. The molecular formula is C20H19ClN4O2. The summed E-state index contributed by atoms with van der Waals surface area (Å²) >= 11 is 6.39. The van der Waals surface area contributed by atoms with Crippen LogP contribution in [-0.4, -0.2) is 53.1 Å². The van der Waals surface area contributed by atoms with Crippen molar-refractivity contribution < 1.29 is 9.53 Å². The molecule has 0 aliphatic carbocycles. The molecule has 0 spiro atoms. The van der Waals surface area contributed by atoms with E-state index in [2.05, 4.69) is 15.3 Å². The van der Waals surface area contributed by atoms with Crippen LogP contribution < -0.4 is 10.1 Å². The molecule has 0 radical (unpaired) electrons. The first-order valence-corrected chi connectivity index (χ1v) is 9.49. The monoisotopic (exact) mass is 382 g/mol. The van der Waals surface area contributed by atoms with Gasteiger partial charge in [-0.3, -0.25) is 9.78 Å². The van der Waals surface area contributed by atoms with Crippen molar-refractivity contribution >= 4 is 28.5 Å². The number of amides is 1. The van der Waals surface area contributed by atoms with Gasteiger partial charge in [-0.05, 0) is 24.3 Å². The number of H-pyrrole nitrogens is 1. The third-order valence-electron chi connectivity index (χ3n) is 5.24. The number of aromatic nitrogens is 2. The van der Waals surface area contributed by atoms with Crippen molar-refractivity contribution in [1.82, 2.24) is 20.2 Å². The molecule has 7 heteroatoms. The van der Waals surface area contributed by atoms with Crippen LogP contribution in [0.4, 0.5) is 0 Å². The van der Waals surface area contributed by atoms with Gasteiger partial charge in [0.05, 0.1) is 11.0 Å². The minimum Gasteiger partial charge on any atom is -0.479 e. The van der Waals surface area contributed by atoms with E-state index in [0.29, 0.717) is 11.4 Å². The lowest BCUT2D eigenvalue weighted by Gasteiger charge is -2.29. The van der Waals surface area contributed by atoms with Gasteiger partial charge in [-0.1, -0.05) is 11.6 Å². The van der Waals surface area contributed by atoms with E-state index in [1.807, 2.05) is 35.4 Å². The van der Waals surface area contributed by atoms with Crippen LogP contribution in [0.15, 0.2) is 36.7 Å². The standard InChI is InChI=1S/C20H19ClN4O2/c21-13-9-12-10-17(20(26)25-7-5-22-6-8-25)27-19(12)15(11-13)14-1-3-23-16-2-4-24-18(14)16/h1-4,9,11,17,22,24H,5-8,10H2. The van der Waals surface area contributed by atoms with Crippen LogP contribution in [0.2, 0.25) is 5.02 Å². The van der Waals surface area contributed by atoms with Crippen LogP contribution in [0.25, 0.3) is 22.2 Å². The zero-order valence-electron chi connectivity index (χ0n) is 14.7. The number of piperazine rings is 1. The zero-order valence-corrected chi connectivity index (χ0v) is 15.4. The fraction of sp³-hybridized carbons (Fsp3) is 0.300. The molecule has 0 saturated carbocycles. The lowest BCUT2D eigenvalue weighted by molar-refractivity contribution is -0.138. The lowest BCUT2D eigenvalue weighted by atomic mass is 10.00. The highest BCUT2D eigenvalue weighted by molar-refractivity contribution is 6.31. The summed E-state index contributed by atoms with van der Waals surface area (Å²) in [5, 5.41) is 3.91. The summed E-state index contributed by atoms with van der Waals surface area (Å²) in [6.45, 7) is 3.08. The summed E-state index contributed by atoms with van der Waals surface area (Å²) in [4.78, 5) is 22.4. The molecule has 1 fully saturated rings. The molecule has 1 amide bonds. The summed E-state index contributed by atoms with van der Waals surface area (Å²) in [5.41, 5.74) is 4.65. The maximum atomic E-state index is 12.9. The smallest absolute Gasteiger partial charge is 0.264 e. The van der Waals surface area contributed by atoms with E-state index in [9.17, 15) is 4.79 Å². The molecule has 1 atom stereocenters. The van der Waals surface area contributed by atoms with Gasteiger partial charge in [-0.2, -0.15) is 0 Å². The normalized spacial score (nSPS) is 19.1. The van der Waals surface area contributed by atoms with Gasteiger partial charge in [-0.15, -0.1) is 0 Å². The molecule has 1 aromatic carbocycles. The molecule has 2 aromatic heterocycles. The Morgan fingerprint density at radius 3 is 2.93 bits per heavy atom. The van der Waals surface area contributed by atoms with Gasteiger partial charge in [0, 0.05) is 66.7 Å².